The number of fused-ring (bicyclic) bond motifs is 1. The topological polar surface area (TPSA) is 55.1 Å². The predicted molar refractivity (Wildman–Crippen MR) is 71.1 cm³/mol. The lowest BCUT2D eigenvalue weighted by molar-refractivity contribution is -0.125. The fraction of sp³-hybridized carbons (Fsp3) is 0.533. The third-order valence-corrected chi connectivity index (χ3v) is 4.30. The van der Waals surface area contributed by atoms with Gasteiger partial charge in [0.2, 0.25) is 5.91 Å². The summed E-state index contributed by atoms with van der Waals surface area (Å²) in [5.41, 5.74) is 8.72. The molecule has 0 saturated heterocycles. The van der Waals surface area contributed by atoms with Crippen molar-refractivity contribution in [3.05, 3.63) is 35.4 Å². The SMILES string of the molecule is NC1CCCC1C(=O)NC1Cc2ccccc2C1. The molecule has 1 aromatic rings. The minimum Gasteiger partial charge on any atom is -0.352 e. The van der Waals surface area contributed by atoms with Crippen LogP contribution in [0.15, 0.2) is 24.3 Å². The van der Waals surface area contributed by atoms with Gasteiger partial charge in [-0.15, -0.1) is 0 Å². The zero-order chi connectivity index (χ0) is 12.5. The quantitative estimate of drug-likeness (QED) is 0.826. The molecule has 0 aromatic heterocycles. The van der Waals surface area contributed by atoms with Gasteiger partial charge in [0.15, 0.2) is 0 Å². The van der Waals surface area contributed by atoms with Crippen LogP contribution < -0.4 is 11.1 Å². The Morgan fingerprint density at radius 3 is 2.39 bits per heavy atom. The molecule has 18 heavy (non-hydrogen) atoms. The van der Waals surface area contributed by atoms with Crippen LogP contribution in [0.25, 0.3) is 0 Å². The lowest BCUT2D eigenvalue weighted by Gasteiger charge is -2.18. The Morgan fingerprint density at radius 2 is 1.83 bits per heavy atom. The second kappa shape index (κ2) is 4.73. The van der Waals surface area contributed by atoms with Gasteiger partial charge in [0, 0.05) is 12.1 Å². The molecule has 0 radical (unpaired) electrons. The van der Waals surface area contributed by atoms with Crippen LogP contribution in [0, 0.1) is 5.92 Å². The molecule has 1 fully saturated rings. The van der Waals surface area contributed by atoms with E-state index in [1.165, 1.54) is 11.1 Å². The van der Waals surface area contributed by atoms with Crippen molar-refractivity contribution in [2.75, 3.05) is 0 Å². The van der Waals surface area contributed by atoms with Crippen molar-refractivity contribution in [2.24, 2.45) is 11.7 Å². The third kappa shape index (κ3) is 2.15. The minimum absolute atomic E-state index is 0.0358. The number of nitrogens with two attached hydrogens (primary N) is 1. The highest BCUT2D eigenvalue weighted by atomic mass is 16.2. The number of rotatable bonds is 2. The van der Waals surface area contributed by atoms with Gasteiger partial charge in [-0.2, -0.15) is 0 Å². The van der Waals surface area contributed by atoms with Gasteiger partial charge in [0.1, 0.15) is 0 Å². The summed E-state index contributed by atoms with van der Waals surface area (Å²) in [5, 5.41) is 3.18. The van der Waals surface area contributed by atoms with Crippen LogP contribution in [0.1, 0.15) is 30.4 Å². The van der Waals surface area contributed by atoms with Crippen molar-refractivity contribution >= 4 is 5.91 Å². The molecule has 1 saturated carbocycles. The van der Waals surface area contributed by atoms with Crippen molar-refractivity contribution in [1.82, 2.24) is 5.32 Å². The number of benzene rings is 1. The Hall–Kier alpha value is -1.35. The van der Waals surface area contributed by atoms with Crippen LogP contribution in [0.2, 0.25) is 0 Å². The number of amides is 1. The second-order valence-corrected chi connectivity index (χ2v) is 5.58. The van der Waals surface area contributed by atoms with Crippen LogP contribution >= 0.6 is 0 Å². The molecule has 1 amide bonds. The van der Waals surface area contributed by atoms with Crippen LogP contribution in [0.4, 0.5) is 0 Å². The highest BCUT2D eigenvalue weighted by Gasteiger charge is 2.32. The summed E-state index contributed by atoms with van der Waals surface area (Å²) in [6.07, 6.45) is 4.95. The maximum Gasteiger partial charge on any atom is 0.224 e. The summed E-state index contributed by atoms with van der Waals surface area (Å²) in [7, 11) is 0. The monoisotopic (exact) mass is 244 g/mol. The molecule has 0 aliphatic heterocycles. The van der Waals surface area contributed by atoms with Crippen molar-refractivity contribution < 1.29 is 4.79 Å². The molecule has 3 rings (SSSR count). The van der Waals surface area contributed by atoms with Gasteiger partial charge >= 0.3 is 0 Å². The van der Waals surface area contributed by atoms with Gasteiger partial charge in [-0.1, -0.05) is 30.7 Å². The Morgan fingerprint density at radius 1 is 1.17 bits per heavy atom. The van der Waals surface area contributed by atoms with Crippen LogP contribution in [-0.2, 0) is 17.6 Å². The number of carbonyl (C=O) groups is 1. The highest BCUT2D eigenvalue weighted by Crippen LogP contribution is 2.26. The summed E-state index contributed by atoms with van der Waals surface area (Å²) in [4.78, 5) is 12.2. The summed E-state index contributed by atoms with van der Waals surface area (Å²) < 4.78 is 0. The van der Waals surface area contributed by atoms with Crippen molar-refractivity contribution in [1.29, 1.82) is 0 Å². The first-order valence-corrected chi connectivity index (χ1v) is 6.87. The largest absolute Gasteiger partial charge is 0.352 e. The first-order chi connectivity index (χ1) is 8.74. The van der Waals surface area contributed by atoms with Crippen molar-refractivity contribution in [2.45, 2.75) is 44.2 Å². The van der Waals surface area contributed by atoms with E-state index in [4.69, 9.17) is 5.73 Å². The lowest BCUT2D eigenvalue weighted by Crippen LogP contribution is -2.43. The highest BCUT2D eigenvalue weighted by molar-refractivity contribution is 5.80. The lowest BCUT2D eigenvalue weighted by atomic mass is 10.0. The molecule has 2 aliphatic rings. The molecule has 1 aromatic carbocycles. The predicted octanol–water partition coefficient (Wildman–Crippen LogP) is 1.40. The van der Waals surface area contributed by atoms with Gasteiger partial charge in [-0.3, -0.25) is 4.79 Å². The standard InChI is InChI=1S/C15H20N2O/c16-14-7-3-6-13(14)15(18)17-12-8-10-4-1-2-5-11(10)9-12/h1-2,4-5,12-14H,3,6-9,16H2,(H,17,18). The van der Waals surface area contributed by atoms with E-state index >= 15 is 0 Å². The van der Waals surface area contributed by atoms with Crippen molar-refractivity contribution in [3.63, 3.8) is 0 Å². The normalized spacial score (nSPS) is 27.2. The fourth-order valence-corrected chi connectivity index (χ4v) is 3.28. The van der Waals surface area contributed by atoms with Gasteiger partial charge in [-0.25, -0.2) is 0 Å². The van der Waals surface area contributed by atoms with E-state index in [1.807, 2.05) is 0 Å². The maximum absolute atomic E-state index is 12.2. The van der Waals surface area contributed by atoms with Crippen LogP contribution in [-0.4, -0.2) is 18.0 Å². The Bertz CT molecular complexity index is 433. The van der Waals surface area contributed by atoms with E-state index in [1.54, 1.807) is 0 Å². The molecule has 3 nitrogen and oxygen atoms in total. The Labute approximate surface area is 108 Å². The Kier molecular flexibility index (Phi) is 3.08. The number of hydrogen-bond acceptors (Lipinski definition) is 2. The van der Waals surface area contributed by atoms with Gasteiger partial charge in [0.25, 0.3) is 0 Å². The van der Waals surface area contributed by atoms with Crippen molar-refractivity contribution in [3.8, 4) is 0 Å². The first-order valence-electron chi connectivity index (χ1n) is 6.87. The number of hydrogen-bond donors (Lipinski definition) is 2. The van der Waals surface area contributed by atoms with Gasteiger partial charge < -0.3 is 11.1 Å². The van der Waals surface area contributed by atoms with Crippen LogP contribution in [0.5, 0.6) is 0 Å². The van der Waals surface area contributed by atoms with E-state index in [0.29, 0.717) is 0 Å². The van der Waals surface area contributed by atoms with Crippen LogP contribution in [0.3, 0.4) is 0 Å². The van der Waals surface area contributed by atoms with E-state index in [2.05, 4.69) is 29.6 Å². The van der Waals surface area contributed by atoms with E-state index < -0.39 is 0 Å². The maximum atomic E-state index is 12.2. The molecular formula is C15H20N2O. The zero-order valence-electron chi connectivity index (χ0n) is 10.6. The molecular weight excluding hydrogens is 224 g/mol. The zero-order valence-corrected chi connectivity index (χ0v) is 10.6. The number of nitrogens with one attached hydrogen (secondary N) is 1. The molecule has 2 unspecified atom stereocenters. The van der Waals surface area contributed by atoms with Gasteiger partial charge in [-0.05, 0) is 36.8 Å². The molecule has 0 spiro atoms. The van der Waals surface area contributed by atoms with E-state index in [9.17, 15) is 4.79 Å². The summed E-state index contributed by atoms with van der Waals surface area (Å²) in [5.74, 6) is 0.200. The van der Waals surface area contributed by atoms with E-state index in [-0.39, 0.29) is 23.9 Å². The summed E-state index contributed by atoms with van der Waals surface area (Å²) in [6, 6.07) is 8.77. The fourth-order valence-electron chi connectivity index (χ4n) is 3.28. The Balaban J connectivity index is 1.61. The average Bonchev–Trinajstić information content (AvgIpc) is 2.94. The minimum atomic E-state index is 0.0358. The summed E-state index contributed by atoms with van der Waals surface area (Å²) in [6.45, 7) is 0. The number of carbonyl (C=O) groups excluding carboxylic acids is 1. The first kappa shape index (κ1) is 11.7. The molecule has 2 aliphatic carbocycles. The average molecular weight is 244 g/mol. The molecule has 3 N–H and O–H groups in total. The molecule has 96 valence electrons. The van der Waals surface area contributed by atoms with E-state index in [0.717, 1.165) is 32.1 Å². The molecule has 0 heterocycles. The molecule has 0 bridgehead atoms. The van der Waals surface area contributed by atoms with Gasteiger partial charge in [0.05, 0.1) is 5.92 Å². The third-order valence-electron chi connectivity index (χ3n) is 4.30. The smallest absolute Gasteiger partial charge is 0.224 e. The summed E-state index contributed by atoms with van der Waals surface area (Å²) >= 11 is 0. The molecule has 3 heteroatoms. The second-order valence-electron chi connectivity index (χ2n) is 5.58. The molecule has 2 atom stereocenters.